The molecule has 0 bridgehead atoms. The highest BCUT2D eigenvalue weighted by molar-refractivity contribution is 6.08. The molecule has 1 atom stereocenters. The minimum Gasteiger partial charge on any atom is -0.472 e. The number of rotatable bonds is 3. The number of fused-ring (bicyclic) bond motifs is 11. The Balaban J connectivity index is 1.20. The molecular weight excluding hydrogens is 633 g/mol. The van der Waals surface area contributed by atoms with Crippen molar-refractivity contribution < 1.29 is 4.74 Å². The molecule has 6 aromatic rings. The fourth-order valence-corrected chi connectivity index (χ4v) is 9.99. The second-order valence-corrected chi connectivity index (χ2v) is 16.2. The molecule has 0 N–H and O–H groups in total. The molecule has 4 aliphatic rings. The lowest BCUT2D eigenvalue weighted by atomic mass is 9.75. The number of nitrogens with zero attached hydrogens (tertiary/aromatic N) is 2. The van der Waals surface area contributed by atoms with Crippen molar-refractivity contribution in [2.75, 3.05) is 18.0 Å². The summed E-state index contributed by atoms with van der Waals surface area (Å²) in [6.45, 7) is 11.5. The van der Waals surface area contributed by atoms with E-state index >= 15 is 0 Å². The van der Waals surface area contributed by atoms with Gasteiger partial charge in [-0.25, -0.2) is 0 Å². The smallest absolute Gasteiger partial charge is 0.178 e. The molecule has 0 saturated carbocycles. The molecule has 1 saturated heterocycles. The van der Waals surface area contributed by atoms with Crippen molar-refractivity contribution in [3.8, 4) is 34.1 Å². The summed E-state index contributed by atoms with van der Waals surface area (Å²) < 4.78 is 7.70. The van der Waals surface area contributed by atoms with E-state index in [1.807, 2.05) is 6.07 Å². The Labute approximate surface area is 306 Å². The van der Waals surface area contributed by atoms with Gasteiger partial charge in [-0.3, -0.25) is 0 Å². The van der Waals surface area contributed by atoms with E-state index in [2.05, 4.69) is 154 Å². The van der Waals surface area contributed by atoms with E-state index < -0.39 is 5.60 Å². The van der Waals surface area contributed by atoms with Gasteiger partial charge in [0.15, 0.2) is 5.60 Å². The van der Waals surface area contributed by atoms with Crippen molar-refractivity contribution in [1.29, 1.82) is 5.26 Å². The quantitative estimate of drug-likeness (QED) is 0.187. The van der Waals surface area contributed by atoms with E-state index in [1.54, 1.807) is 0 Å². The van der Waals surface area contributed by atoms with Gasteiger partial charge in [0, 0.05) is 51.7 Å². The monoisotopic (exact) mass is 674 g/mol. The van der Waals surface area contributed by atoms with Crippen LogP contribution in [-0.2, 0) is 16.4 Å². The van der Waals surface area contributed by atoms with Crippen LogP contribution in [0.5, 0.6) is 5.75 Å². The van der Waals surface area contributed by atoms with Crippen molar-refractivity contribution in [2.45, 2.75) is 63.4 Å². The van der Waals surface area contributed by atoms with E-state index in [4.69, 9.17) is 4.74 Å². The first-order chi connectivity index (χ1) is 25.2. The molecular formula is C49H42N2O. The molecule has 0 radical (unpaired) electrons. The fraction of sp³-hybridized carbons (Fsp3) is 0.245. The predicted molar refractivity (Wildman–Crippen MR) is 213 cm³/mol. The lowest BCUT2D eigenvalue weighted by Gasteiger charge is -2.39. The first-order valence-corrected chi connectivity index (χ1v) is 18.9. The van der Waals surface area contributed by atoms with Gasteiger partial charge in [0.1, 0.15) is 5.75 Å². The average molecular weight is 675 g/mol. The lowest BCUT2D eigenvalue weighted by molar-refractivity contribution is 0.163. The first kappa shape index (κ1) is 31.2. The van der Waals surface area contributed by atoms with Crippen LogP contribution in [0, 0.1) is 11.3 Å². The molecule has 1 unspecified atom stereocenters. The van der Waals surface area contributed by atoms with Crippen LogP contribution in [0.2, 0.25) is 0 Å². The van der Waals surface area contributed by atoms with E-state index in [-0.39, 0.29) is 10.8 Å². The van der Waals surface area contributed by atoms with Crippen LogP contribution in [0.15, 0.2) is 115 Å². The Morgan fingerprint density at radius 3 is 2.10 bits per heavy atom. The van der Waals surface area contributed by atoms with Crippen molar-refractivity contribution in [2.24, 2.45) is 0 Å². The first-order valence-electron chi connectivity index (χ1n) is 18.9. The molecule has 0 amide bonds. The van der Waals surface area contributed by atoms with Crippen LogP contribution in [0.4, 0.5) is 5.69 Å². The van der Waals surface area contributed by atoms with Gasteiger partial charge >= 0.3 is 0 Å². The van der Waals surface area contributed by atoms with Crippen molar-refractivity contribution in [3.05, 3.63) is 160 Å². The number of hydrogen-bond donors (Lipinski definition) is 0. The summed E-state index contributed by atoms with van der Waals surface area (Å²) in [5.41, 5.74) is 14.3. The Morgan fingerprint density at radius 1 is 0.635 bits per heavy atom. The second kappa shape index (κ2) is 11.0. The van der Waals surface area contributed by atoms with Gasteiger partial charge in [0.25, 0.3) is 0 Å². The Hall–Kier alpha value is -5.59. The van der Waals surface area contributed by atoms with Crippen LogP contribution in [0.3, 0.4) is 0 Å². The molecule has 10 rings (SSSR count). The number of ether oxygens (including phenoxy) is 1. The topological polar surface area (TPSA) is 36.3 Å². The number of benzene rings is 6. The predicted octanol–water partition coefficient (Wildman–Crippen LogP) is 11.7. The van der Waals surface area contributed by atoms with Gasteiger partial charge in [0.2, 0.25) is 0 Å². The zero-order chi connectivity index (χ0) is 35.4. The van der Waals surface area contributed by atoms with E-state index in [1.165, 1.54) is 74.8 Å². The van der Waals surface area contributed by atoms with Crippen molar-refractivity contribution in [1.82, 2.24) is 0 Å². The molecule has 6 aromatic carbocycles. The summed E-state index contributed by atoms with van der Waals surface area (Å²) in [6, 6.07) is 42.4. The summed E-state index contributed by atoms with van der Waals surface area (Å²) in [6.07, 6.45) is 8.47. The number of nitriles is 1. The molecule has 52 heavy (non-hydrogen) atoms. The highest BCUT2D eigenvalue weighted by Crippen LogP contribution is 2.59. The van der Waals surface area contributed by atoms with Gasteiger partial charge in [0.05, 0.1) is 11.6 Å². The lowest BCUT2D eigenvalue weighted by Crippen LogP contribution is -2.35. The van der Waals surface area contributed by atoms with Crippen molar-refractivity contribution >= 4 is 22.5 Å². The number of hydrogen-bond acceptors (Lipinski definition) is 3. The Bertz CT molecular complexity index is 2540. The van der Waals surface area contributed by atoms with Gasteiger partial charge in [-0.05, 0) is 106 Å². The number of anilines is 1. The zero-order valence-corrected chi connectivity index (χ0v) is 30.4. The van der Waals surface area contributed by atoms with Crippen LogP contribution < -0.4 is 9.64 Å². The normalized spacial score (nSPS) is 19.9. The molecule has 254 valence electrons. The number of piperidine rings is 1. The van der Waals surface area contributed by atoms with Gasteiger partial charge < -0.3 is 9.64 Å². The molecule has 0 spiro atoms. The molecule has 3 nitrogen and oxygen atoms in total. The van der Waals surface area contributed by atoms with Crippen LogP contribution in [-0.4, -0.2) is 13.1 Å². The van der Waals surface area contributed by atoms with E-state index in [0.717, 1.165) is 40.9 Å². The minimum atomic E-state index is -0.853. The molecule has 2 aliphatic carbocycles. The van der Waals surface area contributed by atoms with Crippen LogP contribution >= 0.6 is 0 Å². The fourth-order valence-electron chi connectivity index (χ4n) is 9.99. The maximum atomic E-state index is 9.84. The molecule has 1 fully saturated rings. The molecule has 0 aromatic heterocycles. The summed E-state index contributed by atoms with van der Waals surface area (Å²) in [4.78, 5) is 2.52. The Kier molecular flexibility index (Phi) is 6.57. The standard InChI is InChI=1S/C49H42N2O/c1-47(2)41-15-9-8-12-35(41)36-23-19-33(29-43(36)47)49(32-17-20-34(21-18-32)51-26-10-5-11-27-51)25-24-40-45-44(37-13-6-7-14-38(37)46(40)52-49)39-22-16-31(30-50)28-42(39)48(45,3)4/h6-9,12-25,28-29H,5,10-11,26-27H2,1-4H3. The summed E-state index contributed by atoms with van der Waals surface area (Å²) in [7, 11) is 0. The summed E-state index contributed by atoms with van der Waals surface area (Å²) >= 11 is 0. The summed E-state index contributed by atoms with van der Waals surface area (Å²) in [5, 5.41) is 12.1. The zero-order valence-electron chi connectivity index (χ0n) is 30.4. The van der Waals surface area contributed by atoms with Gasteiger partial charge in [-0.1, -0.05) is 113 Å². The second-order valence-electron chi connectivity index (χ2n) is 16.2. The van der Waals surface area contributed by atoms with Gasteiger partial charge in [-0.15, -0.1) is 0 Å². The minimum absolute atomic E-state index is 0.136. The highest BCUT2D eigenvalue weighted by atomic mass is 16.5. The average Bonchev–Trinajstić information content (AvgIpc) is 3.57. The Morgan fingerprint density at radius 2 is 1.31 bits per heavy atom. The van der Waals surface area contributed by atoms with E-state index in [9.17, 15) is 5.26 Å². The van der Waals surface area contributed by atoms with Crippen LogP contribution in [0.1, 0.15) is 91.5 Å². The SMILES string of the molecule is CC1(C)c2ccccc2-c2ccc(C3(c4ccc(N5CCCCC5)cc4)C=Cc4c5c(c6ccccc6c4O3)-c3ccc(C#N)cc3C5(C)C)cc21. The third-order valence-electron chi connectivity index (χ3n) is 12.7. The maximum Gasteiger partial charge on any atom is 0.178 e. The van der Waals surface area contributed by atoms with Crippen molar-refractivity contribution in [3.63, 3.8) is 0 Å². The van der Waals surface area contributed by atoms with E-state index in [0.29, 0.717) is 5.56 Å². The largest absolute Gasteiger partial charge is 0.472 e. The third-order valence-corrected chi connectivity index (χ3v) is 12.7. The van der Waals surface area contributed by atoms with Gasteiger partial charge in [-0.2, -0.15) is 5.26 Å². The summed E-state index contributed by atoms with van der Waals surface area (Å²) in [5.74, 6) is 0.918. The molecule has 2 aliphatic heterocycles. The van der Waals surface area contributed by atoms with Crippen LogP contribution in [0.25, 0.3) is 39.1 Å². The third kappa shape index (κ3) is 4.19. The molecule has 2 heterocycles. The molecule has 3 heteroatoms. The maximum absolute atomic E-state index is 9.84. The highest BCUT2D eigenvalue weighted by Gasteiger charge is 2.45.